The minimum absolute atomic E-state index is 0.105. The number of alkyl halides is 3. The highest BCUT2D eigenvalue weighted by Gasteiger charge is 2.32. The van der Waals surface area contributed by atoms with Gasteiger partial charge in [-0.2, -0.15) is 0 Å². The van der Waals surface area contributed by atoms with E-state index in [0.717, 1.165) is 31.0 Å². The second-order valence-corrected chi connectivity index (χ2v) is 7.34. The molecule has 2 N–H and O–H groups in total. The smallest absolute Gasteiger partial charge is 0.403 e. The molecule has 13 heteroatoms. The largest absolute Gasteiger partial charge is 0.573 e. The molecule has 32 heavy (non-hydrogen) atoms. The maximum atomic E-state index is 14.1. The minimum atomic E-state index is -5.06. The number of ether oxygens (including phenoxy) is 2. The van der Waals surface area contributed by atoms with Crippen LogP contribution in [-0.2, 0) is 4.74 Å². The van der Waals surface area contributed by atoms with Gasteiger partial charge in [0, 0.05) is 20.2 Å². The molecule has 2 heterocycles. The summed E-state index contributed by atoms with van der Waals surface area (Å²) in [4.78, 5) is 33.5. The Balaban J connectivity index is 1.86. The first kappa shape index (κ1) is 23.8. The van der Waals surface area contributed by atoms with Gasteiger partial charge in [0.15, 0.2) is 17.3 Å². The molecule has 1 aromatic carbocycles. The minimum Gasteiger partial charge on any atom is -0.403 e. The van der Waals surface area contributed by atoms with Gasteiger partial charge in [0.25, 0.3) is 11.5 Å². The number of anilines is 1. The molecular formula is C19H19ClF4N4O4. The third-order valence-corrected chi connectivity index (χ3v) is 5.04. The molecule has 1 atom stereocenters. The molecule has 0 bridgehead atoms. The molecule has 1 amide bonds. The van der Waals surface area contributed by atoms with E-state index in [2.05, 4.69) is 20.0 Å². The molecule has 1 aliphatic heterocycles. The summed E-state index contributed by atoms with van der Waals surface area (Å²) in [5.41, 5.74) is -0.930. The van der Waals surface area contributed by atoms with Gasteiger partial charge in [-0.1, -0.05) is 17.7 Å². The van der Waals surface area contributed by atoms with Gasteiger partial charge in [0.05, 0.1) is 12.6 Å². The van der Waals surface area contributed by atoms with Crippen LogP contribution in [0.15, 0.2) is 23.0 Å². The average Bonchev–Trinajstić information content (AvgIpc) is 3.25. The lowest BCUT2D eigenvalue weighted by Crippen LogP contribution is -2.34. The molecule has 3 rings (SSSR count). The number of methoxy groups -OCH3 is 1. The van der Waals surface area contributed by atoms with E-state index in [1.165, 1.54) is 7.11 Å². The van der Waals surface area contributed by atoms with Crippen molar-refractivity contribution in [2.75, 3.05) is 31.7 Å². The summed E-state index contributed by atoms with van der Waals surface area (Å²) in [5, 5.41) is 2.09. The monoisotopic (exact) mass is 478 g/mol. The summed E-state index contributed by atoms with van der Waals surface area (Å²) in [7, 11) is 1.32. The van der Waals surface area contributed by atoms with Crippen LogP contribution in [0.3, 0.4) is 0 Å². The van der Waals surface area contributed by atoms with Crippen LogP contribution in [-0.4, -0.2) is 49.0 Å². The van der Waals surface area contributed by atoms with Crippen molar-refractivity contribution in [3.63, 3.8) is 0 Å². The molecule has 0 unspecified atom stereocenters. The summed E-state index contributed by atoms with van der Waals surface area (Å²) >= 11 is 5.98. The van der Waals surface area contributed by atoms with E-state index < -0.39 is 40.5 Å². The number of aromatic nitrogens is 2. The molecule has 1 fully saturated rings. The van der Waals surface area contributed by atoms with Crippen LogP contribution in [0.5, 0.6) is 5.75 Å². The second-order valence-electron chi connectivity index (χ2n) is 6.97. The van der Waals surface area contributed by atoms with Crippen LogP contribution in [0.2, 0.25) is 5.02 Å². The van der Waals surface area contributed by atoms with E-state index in [4.69, 9.17) is 16.3 Å². The van der Waals surface area contributed by atoms with Crippen LogP contribution in [0.25, 0.3) is 0 Å². The number of H-pyrrole nitrogens is 1. The molecule has 174 valence electrons. The molecule has 2 aromatic rings. The summed E-state index contributed by atoms with van der Waals surface area (Å²) in [6, 6.07) is 1.75. The number of carbonyl (C=O) groups excluding carboxylic acids is 1. The van der Waals surface area contributed by atoms with Gasteiger partial charge in [-0.05, 0) is 30.5 Å². The number of hydrogen-bond acceptors (Lipinski definition) is 6. The Bertz CT molecular complexity index is 1040. The van der Waals surface area contributed by atoms with Crippen molar-refractivity contribution < 1.29 is 31.8 Å². The average molecular weight is 479 g/mol. The SMILES string of the molecule is COC[C@@H](NC(=O)c1nc(N2CCCC2)[nH]c(=O)c1Cl)c1ccc(OC(F)(F)F)c(F)c1. The number of nitrogens with one attached hydrogen (secondary N) is 2. The zero-order valence-corrected chi connectivity index (χ0v) is 17.5. The lowest BCUT2D eigenvalue weighted by Gasteiger charge is -2.20. The zero-order chi connectivity index (χ0) is 23.5. The van der Waals surface area contributed by atoms with Crippen LogP contribution in [0.1, 0.15) is 34.9 Å². The third kappa shape index (κ3) is 5.68. The number of rotatable bonds is 7. The molecule has 1 saturated heterocycles. The summed E-state index contributed by atoms with van der Waals surface area (Å²) < 4.78 is 59.8. The van der Waals surface area contributed by atoms with Gasteiger partial charge in [-0.25, -0.2) is 9.37 Å². The highest BCUT2D eigenvalue weighted by molar-refractivity contribution is 6.33. The molecule has 0 spiro atoms. The van der Waals surface area contributed by atoms with Crippen molar-refractivity contribution >= 4 is 23.5 Å². The van der Waals surface area contributed by atoms with Crippen molar-refractivity contribution in [2.45, 2.75) is 25.2 Å². The Hall–Kier alpha value is -2.86. The van der Waals surface area contributed by atoms with E-state index in [9.17, 15) is 27.2 Å². The van der Waals surface area contributed by atoms with E-state index in [-0.39, 0.29) is 23.8 Å². The maximum absolute atomic E-state index is 14.1. The van der Waals surface area contributed by atoms with E-state index >= 15 is 0 Å². The first-order valence-electron chi connectivity index (χ1n) is 9.49. The van der Waals surface area contributed by atoms with Crippen molar-refractivity contribution in [2.24, 2.45) is 0 Å². The quantitative estimate of drug-likeness (QED) is 0.593. The number of halogens is 5. The first-order valence-corrected chi connectivity index (χ1v) is 9.86. The lowest BCUT2D eigenvalue weighted by atomic mass is 10.1. The van der Waals surface area contributed by atoms with E-state index in [1.54, 1.807) is 4.90 Å². The molecule has 0 aliphatic carbocycles. The lowest BCUT2D eigenvalue weighted by molar-refractivity contribution is -0.275. The third-order valence-electron chi connectivity index (χ3n) is 4.69. The van der Waals surface area contributed by atoms with Crippen molar-refractivity contribution in [1.82, 2.24) is 15.3 Å². The molecule has 8 nitrogen and oxygen atoms in total. The summed E-state index contributed by atoms with van der Waals surface area (Å²) in [6.45, 7) is 1.16. The fourth-order valence-electron chi connectivity index (χ4n) is 3.23. The molecule has 1 aliphatic rings. The van der Waals surface area contributed by atoms with Gasteiger partial charge >= 0.3 is 6.36 Å². The van der Waals surface area contributed by atoms with E-state index in [0.29, 0.717) is 13.1 Å². The molecule has 0 saturated carbocycles. The van der Waals surface area contributed by atoms with Gasteiger partial charge in [-0.3, -0.25) is 14.6 Å². The summed E-state index contributed by atoms with van der Waals surface area (Å²) in [6.07, 6.45) is -3.24. The van der Waals surface area contributed by atoms with Crippen LogP contribution >= 0.6 is 11.6 Å². The highest BCUT2D eigenvalue weighted by Crippen LogP contribution is 2.28. The van der Waals surface area contributed by atoms with Gasteiger partial charge in [-0.15, -0.1) is 13.2 Å². The number of amides is 1. The van der Waals surface area contributed by atoms with Crippen LogP contribution in [0.4, 0.5) is 23.5 Å². The molecule has 1 aromatic heterocycles. The number of hydrogen-bond donors (Lipinski definition) is 2. The Morgan fingerprint density at radius 3 is 2.62 bits per heavy atom. The van der Waals surface area contributed by atoms with Crippen LogP contribution < -0.4 is 20.5 Å². The summed E-state index contributed by atoms with van der Waals surface area (Å²) in [5.74, 6) is -2.93. The molecule has 0 radical (unpaired) electrons. The predicted molar refractivity (Wildman–Crippen MR) is 106 cm³/mol. The normalized spacial score (nSPS) is 15.0. The second kappa shape index (κ2) is 9.74. The van der Waals surface area contributed by atoms with Crippen molar-refractivity contribution in [1.29, 1.82) is 0 Å². The number of aromatic amines is 1. The number of nitrogens with zero attached hydrogens (tertiary/aromatic N) is 2. The Morgan fingerprint density at radius 1 is 1.34 bits per heavy atom. The molecular weight excluding hydrogens is 460 g/mol. The van der Waals surface area contributed by atoms with Crippen LogP contribution in [0, 0.1) is 5.82 Å². The fraction of sp³-hybridized carbons (Fsp3) is 0.421. The Morgan fingerprint density at radius 2 is 2.03 bits per heavy atom. The number of carbonyl (C=O) groups is 1. The topological polar surface area (TPSA) is 96.5 Å². The zero-order valence-electron chi connectivity index (χ0n) is 16.8. The van der Waals surface area contributed by atoms with Crippen molar-refractivity contribution in [3.8, 4) is 5.75 Å². The van der Waals surface area contributed by atoms with Gasteiger partial charge in [0.2, 0.25) is 5.95 Å². The number of benzene rings is 1. The van der Waals surface area contributed by atoms with Gasteiger partial charge in [0.1, 0.15) is 5.02 Å². The first-order chi connectivity index (χ1) is 15.1. The fourth-order valence-corrected chi connectivity index (χ4v) is 3.41. The Labute approximate surface area is 184 Å². The predicted octanol–water partition coefficient (Wildman–Crippen LogP) is 3.18. The van der Waals surface area contributed by atoms with Gasteiger partial charge < -0.3 is 19.7 Å². The highest BCUT2D eigenvalue weighted by atomic mass is 35.5. The van der Waals surface area contributed by atoms with E-state index in [1.807, 2.05) is 0 Å². The van der Waals surface area contributed by atoms with Crippen molar-refractivity contribution in [3.05, 3.63) is 50.7 Å². The standard InChI is InChI=1S/C19H19ClF4N4O4/c1-31-9-12(10-4-5-13(11(21)8-10)32-19(22,23)24)25-17(30)15-14(20)16(29)27-18(26-15)28-6-2-3-7-28/h4-5,8,12H,2-3,6-7,9H2,1H3,(H,25,30)(H,26,27,29)/t12-/m1/s1. The maximum Gasteiger partial charge on any atom is 0.573 e. The Kier molecular flexibility index (Phi) is 7.24.